The Balaban J connectivity index is 1.58. The van der Waals surface area contributed by atoms with Gasteiger partial charge in [0.2, 0.25) is 5.88 Å². The molecule has 128 valence electrons. The minimum absolute atomic E-state index is 0.454. The number of thiocarbonyl (C=S) groups is 1. The van der Waals surface area contributed by atoms with Crippen LogP contribution >= 0.6 is 23.8 Å². The highest BCUT2D eigenvalue weighted by molar-refractivity contribution is 7.80. The number of rotatable bonds is 5. The molecule has 7 heteroatoms. The minimum Gasteiger partial charge on any atom is -0.480 e. The summed E-state index contributed by atoms with van der Waals surface area (Å²) >= 11 is 11.2. The molecule has 1 aromatic carbocycles. The van der Waals surface area contributed by atoms with Gasteiger partial charge in [-0.3, -0.25) is 0 Å². The molecule has 25 heavy (non-hydrogen) atoms. The first kappa shape index (κ1) is 17.3. The molecule has 0 fully saturated rings. The first-order chi connectivity index (χ1) is 12.2. The van der Waals surface area contributed by atoms with Gasteiger partial charge in [0.05, 0.1) is 13.7 Å². The maximum atomic E-state index is 5.90. The molecule has 0 spiro atoms. The zero-order valence-corrected chi connectivity index (χ0v) is 15.0. The highest BCUT2D eigenvalue weighted by Gasteiger charge is 2.07. The third kappa shape index (κ3) is 4.49. The van der Waals surface area contributed by atoms with Crippen molar-refractivity contribution in [3.8, 4) is 17.2 Å². The molecule has 0 aliphatic rings. The van der Waals surface area contributed by atoms with E-state index in [9.17, 15) is 0 Å². The number of hydrogen-bond acceptors (Lipinski definition) is 4. The molecule has 5 nitrogen and oxygen atoms in total. The maximum absolute atomic E-state index is 5.90. The number of nitrogens with one attached hydrogen (secondary N) is 2. The van der Waals surface area contributed by atoms with Gasteiger partial charge in [-0.15, -0.1) is 0 Å². The Morgan fingerprint density at radius 1 is 1.20 bits per heavy atom. The Kier molecular flexibility index (Phi) is 5.53. The van der Waals surface area contributed by atoms with E-state index in [4.69, 9.17) is 33.0 Å². The van der Waals surface area contributed by atoms with Crippen LogP contribution in [0.3, 0.4) is 0 Å². The fourth-order valence-corrected chi connectivity index (χ4v) is 2.53. The number of pyridine rings is 1. The lowest BCUT2D eigenvalue weighted by Crippen LogP contribution is -2.28. The van der Waals surface area contributed by atoms with Gasteiger partial charge in [0, 0.05) is 16.8 Å². The molecule has 3 rings (SSSR count). The van der Waals surface area contributed by atoms with Crippen LogP contribution < -0.4 is 15.4 Å². The van der Waals surface area contributed by atoms with Crippen LogP contribution in [0.1, 0.15) is 5.76 Å². The van der Waals surface area contributed by atoms with Gasteiger partial charge in [0.25, 0.3) is 0 Å². The Morgan fingerprint density at radius 2 is 2.00 bits per heavy atom. The largest absolute Gasteiger partial charge is 0.480 e. The highest BCUT2D eigenvalue weighted by atomic mass is 35.5. The van der Waals surface area contributed by atoms with E-state index in [-0.39, 0.29) is 0 Å². The Bertz CT molecular complexity index is 865. The number of hydrogen-bond donors (Lipinski definition) is 2. The van der Waals surface area contributed by atoms with Crippen molar-refractivity contribution in [2.24, 2.45) is 0 Å². The highest BCUT2D eigenvalue weighted by Crippen LogP contribution is 2.24. The van der Waals surface area contributed by atoms with E-state index in [2.05, 4.69) is 15.6 Å². The average molecular weight is 374 g/mol. The van der Waals surface area contributed by atoms with Gasteiger partial charge in [0.15, 0.2) is 5.11 Å². The van der Waals surface area contributed by atoms with E-state index in [1.54, 1.807) is 19.4 Å². The predicted octanol–water partition coefficient (Wildman–Crippen LogP) is 4.49. The smallest absolute Gasteiger partial charge is 0.237 e. The average Bonchev–Trinajstić information content (AvgIpc) is 3.10. The van der Waals surface area contributed by atoms with Crippen LogP contribution in [-0.4, -0.2) is 17.2 Å². The van der Waals surface area contributed by atoms with Gasteiger partial charge in [-0.1, -0.05) is 11.6 Å². The molecule has 2 heterocycles. The summed E-state index contributed by atoms with van der Waals surface area (Å²) in [6, 6.07) is 15.0. The van der Waals surface area contributed by atoms with Crippen molar-refractivity contribution in [1.29, 1.82) is 0 Å². The van der Waals surface area contributed by atoms with E-state index in [0.717, 1.165) is 17.1 Å². The SMILES string of the molecule is COc1ncccc1NC(=S)NCc1ccc(-c2ccc(Cl)cc2)o1. The van der Waals surface area contributed by atoms with Crippen LogP contribution in [0.4, 0.5) is 5.69 Å². The maximum Gasteiger partial charge on any atom is 0.237 e. The molecule has 0 amide bonds. The van der Waals surface area contributed by atoms with E-state index < -0.39 is 0 Å². The zero-order chi connectivity index (χ0) is 17.6. The normalized spacial score (nSPS) is 10.3. The number of halogens is 1. The molecule has 2 aromatic heterocycles. The fourth-order valence-electron chi connectivity index (χ4n) is 2.22. The summed E-state index contributed by atoms with van der Waals surface area (Å²) in [6.45, 7) is 0.460. The first-order valence-electron chi connectivity index (χ1n) is 7.54. The molecular formula is C18H16ClN3O2S. The molecule has 0 saturated carbocycles. The molecular weight excluding hydrogens is 358 g/mol. The van der Waals surface area contributed by atoms with Crippen molar-refractivity contribution in [1.82, 2.24) is 10.3 Å². The van der Waals surface area contributed by atoms with Crippen molar-refractivity contribution in [3.63, 3.8) is 0 Å². The second-order valence-corrected chi connectivity index (χ2v) is 5.99. The first-order valence-corrected chi connectivity index (χ1v) is 8.33. The molecule has 0 radical (unpaired) electrons. The molecule has 0 aliphatic carbocycles. The van der Waals surface area contributed by atoms with Crippen LogP contribution in [0.5, 0.6) is 5.88 Å². The van der Waals surface area contributed by atoms with E-state index >= 15 is 0 Å². The van der Waals surface area contributed by atoms with Gasteiger partial charge in [0.1, 0.15) is 17.2 Å². The van der Waals surface area contributed by atoms with Gasteiger partial charge < -0.3 is 19.8 Å². The molecule has 0 bridgehead atoms. The monoisotopic (exact) mass is 373 g/mol. The van der Waals surface area contributed by atoms with Gasteiger partial charge in [-0.05, 0) is 60.7 Å². The summed E-state index contributed by atoms with van der Waals surface area (Å²) in [7, 11) is 1.56. The zero-order valence-electron chi connectivity index (χ0n) is 13.5. The minimum atomic E-state index is 0.454. The Hall–Kier alpha value is -2.57. The lowest BCUT2D eigenvalue weighted by Gasteiger charge is -2.11. The second-order valence-electron chi connectivity index (χ2n) is 5.14. The van der Waals surface area contributed by atoms with Gasteiger partial charge in [-0.25, -0.2) is 4.98 Å². The third-order valence-electron chi connectivity index (χ3n) is 3.43. The molecule has 0 aliphatic heterocycles. The topological polar surface area (TPSA) is 59.3 Å². The van der Waals surface area contributed by atoms with Crippen LogP contribution in [-0.2, 0) is 6.54 Å². The second kappa shape index (κ2) is 8.00. The number of furan rings is 1. The van der Waals surface area contributed by atoms with Crippen molar-refractivity contribution in [2.75, 3.05) is 12.4 Å². The van der Waals surface area contributed by atoms with Crippen LogP contribution in [0.2, 0.25) is 5.02 Å². The quantitative estimate of drug-likeness (QED) is 0.642. The summed E-state index contributed by atoms with van der Waals surface area (Å²) in [4.78, 5) is 4.11. The summed E-state index contributed by atoms with van der Waals surface area (Å²) in [5.41, 5.74) is 1.67. The number of anilines is 1. The van der Waals surface area contributed by atoms with Gasteiger partial charge >= 0.3 is 0 Å². The molecule has 2 N–H and O–H groups in total. The number of aromatic nitrogens is 1. The van der Waals surface area contributed by atoms with Crippen molar-refractivity contribution < 1.29 is 9.15 Å². The third-order valence-corrected chi connectivity index (χ3v) is 3.92. The standard InChI is InChI=1S/C18H16ClN3O2S/c1-23-17-15(3-2-10-20-17)22-18(25)21-11-14-8-9-16(24-14)12-4-6-13(19)7-5-12/h2-10H,11H2,1H3,(H2,21,22,25). The number of nitrogens with zero attached hydrogens (tertiary/aromatic N) is 1. The lowest BCUT2D eigenvalue weighted by molar-refractivity contribution is 0.400. The van der Waals surface area contributed by atoms with Gasteiger partial charge in [-0.2, -0.15) is 0 Å². The summed E-state index contributed by atoms with van der Waals surface area (Å²) in [5, 5.41) is 7.30. The Morgan fingerprint density at radius 3 is 2.76 bits per heavy atom. The van der Waals surface area contributed by atoms with Crippen molar-refractivity contribution >= 4 is 34.6 Å². The molecule has 3 aromatic rings. The Labute approximate surface area is 156 Å². The van der Waals surface area contributed by atoms with Crippen molar-refractivity contribution in [2.45, 2.75) is 6.54 Å². The van der Waals surface area contributed by atoms with Crippen molar-refractivity contribution in [3.05, 3.63) is 65.5 Å². The van der Waals surface area contributed by atoms with E-state index in [1.165, 1.54) is 0 Å². The van der Waals surface area contributed by atoms with E-state index in [1.807, 2.05) is 42.5 Å². The summed E-state index contributed by atoms with van der Waals surface area (Å²) in [5.74, 6) is 2.03. The molecule has 0 atom stereocenters. The van der Waals surface area contributed by atoms with Crippen LogP contribution in [0.15, 0.2) is 59.1 Å². The van der Waals surface area contributed by atoms with Crippen LogP contribution in [0.25, 0.3) is 11.3 Å². The summed E-state index contributed by atoms with van der Waals surface area (Å²) in [6.07, 6.45) is 1.65. The lowest BCUT2D eigenvalue weighted by atomic mass is 10.2. The number of ether oxygens (including phenoxy) is 1. The number of benzene rings is 1. The molecule has 0 saturated heterocycles. The van der Waals surface area contributed by atoms with Crippen LogP contribution in [0, 0.1) is 0 Å². The number of methoxy groups -OCH3 is 1. The fraction of sp³-hybridized carbons (Fsp3) is 0.111. The predicted molar refractivity (Wildman–Crippen MR) is 103 cm³/mol. The van der Waals surface area contributed by atoms with E-state index in [0.29, 0.717) is 28.2 Å². The molecule has 0 unspecified atom stereocenters. The summed E-state index contributed by atoms with van der Waals surface area (Å²) < 4.78 is 11.0.